The molecule has 2 aliphatic rings. The molecule has 2 heterocycles. The second-order valence-corrected chi connectivity index (χ2v) is 8.40. The third-order valence-electron chi connectivity index (χ3n) is 5.79. The van der Waals surface area contributed by atoms with Crippen LogP contribution in [0.4, 0.5) is 5.69 Å². The molecule has 27 heavy (non-hydrogen) atoms. The molecule has 0 radical (unpaired) electrons. The van der Waals surface area contributed by atoms with Crippen molar-refractivity contribution >= 4 is 28.9 Å². The number of fused-ring (bicyclic) bond motifs is 1. The number of benzene rings is 1. The summed E-state index contributed by atoms with van der Waals surface area (Å²) >= 11 is 12.2. The molecule has 1 saturated carbocycles. The van der Waals surface area contributed by atoms with Gasteiger partial charge < -0.3 is 14.2 Å². The van der Waals surface area contributed by atoms with E-state index in [-0.39, 0.29) is 5.56 Å². The van der Waals surface area contributed by atoms with E-state index >= 15 is 0 Å². The Morgan fingerprint density at radius 2 is 1.93 bits per heavy atom. The Morgan fingerprint density at radius 3 is 2.63 bits per heavy atom. The van der Waals surface area contributed by atoms with Gasteiger partial charge in [0.05, 0.1) is 11.6 Å². The van der Waals surface area contributed by atoms with Crippen LogP contribution in [0.25, 0.3) is 0 Å². The van der Waals surface area contributed by atoms with E-state index in [1.807, 2.05) is 6.20 Å². The number of pyridine rings is 1. The van der Waals surface area contributed by atoms with Crippen LogP contribution in [0, 0.1) is 17.8 Å². The predicted molar refractivity (Wildman–Crippen MR) is 110 cm³/mol. The van der Waals surface area contributed by atoms with Crippen LogP contribution < -0.4 is 15.2 Å². The first kappa shape index (κ1) is 18.7. The van der Waals surface area contributed by atoms with Gasteiger partial charge in [-0.05, 0) is 36.5 Å². The van der Waals surface area contributed by atoms with E-state index in [4.69, 9.17) is 27.9 Å². The molecule has 0 N–H and O–H groups in total. The van der Waals surface area contributed by atoms with Gasteiger partial charge in [-0.3, -0.25) is 4.79 Å². The van der Waals surface area contributed by atoms with Crippen LogP contribution in [-0.2, 0) is 6.54 Å². The minimum absolute atomic E-state index is 0.0944. The molecule has 0 bridgehead atoms. The summed E-state index contributed by atoms with van der Waals surface area (Å²) in [5.41, 5.74) is 1.13. The lowest BCUT2D eigenvalue weighted by atomic mass is 10.2. The Bertz CT molecular complexity index is 871. The number of aromatic nitrogens is 1. The molecule has 0 amide bonds. The van der Waals surface area contributed by atoms with Gasteiger partial charge in [-0.1, -0.05) is 36.5 Å². The van der Waals surface area contributed by atoms with Gasteiger partial charge in [-0.15, -0.1) is 0 Å². The van der Waals surface area contributed by atoms with Crippen molar-refractivity contribution < 1.29 is 4.74 Å². The molecule has 1 aromatic heterocycles. The van der Waals surface area contributed by atoms with E-state index in [1.54, 1.807) is 28.8 Å². The van der Waals surface area contributed by atoms with E-state index in [0.29, 0.717) is 40.2 Å². The van der Waals surface area contributed by atoms with E-state index in [9.17, 15) is 4.79 Å². The number of hydrogen-bond donors (Lipinski definition) is 0. The number of hydrogen-bond acceptors (Lipinski definition) is 3. The van der Waals surface area contributed by atoms with Gasteiger partial charge >= 0.3 is 0 Å². The Labute approximate surface area is 169 Å². The second kappa shape index (κ2) is 7.76. The molecule has 6 heteroatoms. The van der Waals surface area contributed by atoms with Gasteiger partial charge in [0.25, 0.3) is 5.56 Å². The minimum atomic E-state index is 0.0944. The molecule has 1 saturated heterocycles. The SMILES string of the molecule is CCCCn1ccc(N2C[C@@H]3[C@@H](COc4cc(Cl)ccc4Cl)[C@@H]3C2)cc1=O. The van der Waals surface area contributed by atoms with Gasteiger partial charge in [-0.25, -0.2) is 0 Å². The number of aryl methyl sites for hydroxylation is 1. The third-order valence-corrected chi connectivity index (χ3v) is 6.34. The first-order chi connectivity index (χ1) is 13.1. The number of anilines is 1. The standard InChI is InChI=1S/C21H24Cl2N2O2/c1-2-3-7-24-8-6-15(10-21(24)26)25-11-16-17(12-25)18(16)13-27-20-9-14(22)4-5-19(20)23/h4-6,8-10,16-18H,2-3,7,11-13H2,1H3/t16-,17+,18+. The first-order valence-electron chi connectivity index (χ1n) is 9.60. The molecule has 0 spiro atoms. The Kier molecular flexibility index (Phi) is 5.38. The summed E-state index contributed by atoms with van der Waals surface area (Å²) in [5, 5.41) is 1.22. The topological polar surface area (TPSA) is 34.5 Å². The normalized spacial score (nSPS) is 23.4. The van der Waals surface area contributed by atoms with Crippen LogP contribution in [0.2, 0.25) is 10.0 Å². The molecule has 1 aliphatic heterocycles. The van der Waals surface area contributed by atoms with Crippen LogP contribution in [0.1, 0.15) is 19.8 Å². The van der Waals surface area contributed by atoms with Crippen molar-refractivity contribution in [3.8, 4) is 5.75 Å². The highest BCUT2D eigenvalue weighted by molar-refractivity contribution is 6.34. The highest BCUT2D eigenvalue weighted by Gasteiger charge is 2.56. The highest BCUT2D eigenvalue weighted by atomic mass is 35.5. The van der Waals surface area contributed by atoms with Crippen LogP contribution in [0.3, 0.4) is 0 Å². The lowest BCUT2D eigenvalue weighted by molar-refractivity contribution is 0.283. The molecule has 1 aromatic carbocycles. The maximum Gasteiger partial charge on any atom is 0.252 e. The van der Waals surface area contributed by atoms with Crippen LogP contribution in [-0.4, -0.2) is 24.3 Å². The van der Waals surface area contributed by atoms with Crippen molar-refractivity contribution in [2.45, 2.75) is 26.3 Å². The summed E-state index contributed by atoms with van der Waals surface area (Å²) in [5.74, 6) is 2.47. The summed E-state index contributed by atoms with van der Waals surface area (Å²) in [6, 6.07) is 9.13. The largest absolute Gasteiger partial charge is 0.492 e. The van der Waals surface area contributed by atoms with Gasteiger partial charge in [0.1, 0.15) is 5.75 Å². The van der Waals surface area contributed by atoms with Crippen molar-refractivity contribution in [3.05, 3.63) is 56.9 Å². The Morgan fingerprint density at radius 1 is 1.15 bits per heavy atom. The summed E-state index contributed by atoms with van der Waals surface area (Å²) in [6.07, 6.45) is 4.05. The molecule has 4 nitrogen and oxygen atoms in total. The summed E-state index contributed by atoms with van der Waals surface area (Å²) < 4.78 is 7.70. The van der Waals surface area contributed by atoms with Gasteiger partial charge in [0, 0.05) is 54.6 Å². The van der Waals surface area contributed by atoms with Gasteiger partial charge in [0.15, 0.2) is 0 Å². The molecule has 144 valence electrons. The van der Waals surface area contributed by atoms with Crippen molar-refractivity contribution in [1.29, 1.82) is 0 Å². The maximum atomic E-state index is 12.3. The number of piperidine rings is 1. The fraction of sp³-hybridized carbons (Fsp3) is 0.476. The highest BCUT2D eigenvalue weighted by Crippen LogP contribution is 2.52. The fourth-order valence-corrected chi connectivity index (χ4v) is 4.42. The van der Waals surface area contributed by atoms with Crippen molar-refractivity contribution in [2.24, 2.45) is 17.8 Å². The monoisotopic (exact) mass is 406 g/mol. The summed E-state index contributed by atoms with van der Waals surface area (Å²) in [6.45, 7) is 5.57. The Balaban J connectivity index is 1.31. The van der Waals surface area contributed by atoms with Crippen molar-refractivity contribution in [1.82, 2.24) is 4.57 Å². The summed E-state index contributed by atoms with van der Waals surface area (Å²) in [4.78, 5) is 14.6. The lowest BCUT2D eigenvalue weighted by Gasteiger charge is -2.22. The first-order valence-corrected chi connectivity index (χ1v) is 10.4. The van der Waals surface area contributed by atoms with E-state index < -0.39 is 0 Å². The van der Waals surface area contributed by atoms with Gasteiger partial charge in [0.2, 0.25) is 0 Å². The number of rotatable bonds is 7. The second-order valence-electron chi connectivity index (χ2n) is 7.55. The molecular weight excluding hydrogens is 383 g/mol. The quantitative estimate of drug-likeness (QED) is 0.667. The van der Waals surface area contributed by atoms with Crippen LogP contribution >= 0.6 is 23.2 Å². The number of unbranched alkanes of at least 4 members (excludes halogenated alkanes) is 1. The van der Waals surface area contributed by atoms with E-state index in [0.717, 1.165) is 38.2 Å². The number of ether oxygens (including phenoxy) is 1. The average Bonchev–Trinajstić information content (AvgIpc) is 3.10. The zero-order chi connectivity index (χ0) is 19.0. The third kappa shape index (κ3) is 3.97. The van der Waals surface area contributed by atoms with E-state index in [1.165, 1.54) is 0 Å². The molecule has 3 atom stereocenters. The van der Waals surface area contributed by atoms with Crippen molar-refractivity contribution in [2.75, 3.05) is 24.6 Å². The van der Waals surface area contributed by atoms with Gasteiger partial charge in [-0.2, -0.15) is 0 Å². The van der Waals surface area contributed by atoms with Crippen LogP contribution in [0.15, 0.2) is 41.3 Å². The summed E-state index contributed by atoms with van der Waals surface area (Å²) in [7, 11) is 0. The fourth-order valence-electron chi connectivity index (χ4n) is 4.09. The van der Waals surface area contributed by atoms with Crippen LogP contribution in [0.5, 0.6) is 5.75 Å². The lowest BCUT2D eigenvalue weighted by Crippen LogP contribution is -2.28. The number of halogens is 2. The number of nitrogens with zero attached hydrogens (tertiary/aromatic N) is 2. The molecule has 1 aliphatic carbocycles. The molecule has 4 rings (SSSR count). The van der Waals surface area contributed by atoms with Crippen molar-refractivity contribution in [3.63, 3.8) is 0 Å². The molecule has 0 unspecified atom stereocenters. The maximum absolute atomic E-state index is 12.3. The average molecular weight is 407 g/mol. The predicted octanol–water partition coefficient (Wildman–Crippen LogP) is 4.72. The molecule has 2 aromatic rings. The Hall–Kier alpha value is -1.65. The zero-order valence-corrected chi connectivity index (χ0v) is 16.9. The minimum Gasteiger partial charge on any atom is -0.492 e. The zero-order valence-electron chi connectivity index (χ0n) is 15.4. The smallest absolute Gasteiger partial charge is 0.252 e. The molecule has 2 fully saturated rings. The van der Waals surface area contributed by atoms with E-state index in [2.05, 4.69) is 17.9 Å². The molecular formula is C21H24Cl2N2O2.